The van der Waals surface area contributed by atoms with Crippen LogP contribution < -0.4 is 0 Å². The molecule has 35 heavy (non-hydrogen) atoms. The third-order valence-corrected chi connectivity index (χ3v) is 7.13. The zero-order chi connectivity index (χ0) is 24.4. The number of imidazole rings is 1. The minimum Gasteiger partial charge on any atom is -0.337 e. The topological polar surface area (TPSA) is 55.4 Å². The molecule has 2 aromatic carbocycles. The van der Waals surface area contributed by atoms with Crippen LogP contribution in [0.2, 0.25) is 0 Å². The molecule has 0 aliphatic rings. The number of rotatable bonds is 7. The molecule has 5 rings (SSSR count). The summed E-state index contributed by atoms with van der Waals surface area (Å²) in [7, 11) is 1.84. The number of fused-ring (bicyclic) bond motifs is 1. The number of hydrogen-bond donors (Lipinski definition) is 0. The monoisotopic (exact) mass is 481 g/mol. The Hall–Kier alpha value is -3.84. The maximum absolute atomic E-state index is 13.1. The van der Waals surface area contributed by atoms with E-state index in [1.807, 2.05) is 102 Å². The molecule has 0 spiro atoms. The predicted molar refractivity (Wildman–Crippen MR) is 140 cm³/mol. The molecule has 0 saturated heterocycles. The van der Waals surface area contributed by atoms with Gasteiger partial charge in [0.25, 0.3) is 5.91 Å². The van der Waals surface area contributed by atoms with E-state index in [1.54, 1.807) is 16.7 Å². The quantitative estimate of drug-likeness (QED) is 0.280. The van der Waals surface area contributed by atoms with Crippen molar-refractivity contribution >= 4 is 23.3 Å². The van der Waals surface area contributed by atoms with Gasteiger partial charge in [-0.3, -0.25) is 4.79 Å². The summed E-state index contributed by atoms with van der Waals surface area (Å²) >= 11 is 1.71. The molecule has 0 radical (unpaired) electrons. The summed E-state index contributed by atoms with van der Waals surface area (Å²) < 4.78 is 3.97. The normalized spacial score (nSPS) is 11.2. The first kappa shape index (κ1) is 22.9. The molecule has 0 bridgehead atoms. The first-order valence-corrected chi connectivity index (χ1v) is 12.5. The number of pyridine rings is 1. The number of nitrogens with zero attached hydrogens (tertiary/aromatic N) is 5. The third kappa shape index (κ3) is 4.86. The number of aromatic nitrogens is 4. The van der Waals surface area contributed by atoms with Gasteiger partial charge in [-0.25, -0.2) is 9.67 Å². The van der Waals surface area contributed by atoms with Gasteiger partial charge in [0, 0.05) is 53.5 Å². The summed E-state index contributed by atoms with van der Waals surface area (Å²) in [4.78, 5) is 20.6. The van der Waals surface area contributed by atoms with Gasteiger partial charge in [-0.15, -0.1) is 11.8 Å². The number of benzene rings is 2. The summed E-state index contributed by atoms with van der Waals surface area (Å²) in [6.45, 7) is 4.55. The van der Waals surface area contributed by atoms with Crippen LogP contribution in [-0.4, -0.2) is 37.0 Å². The summed E-state index contributed by atoms with van der Waals surface area (Å²) in [5, 5.41) is 4.71. The van der Waals surface area contributed by atoms with Crippen LogP contribution in [0, 0.1) is 13.8 Å². The van der Waals surface area contributed by atoms with Gasteiger partial charge in [0.2, 0.25) is 0 Å². The summed E-state index contributed by atoms with van der Waals surface area (Å²) in [6.07, 6.45) is 4.06. The minimum atomic E-state index is -0.00633. The number of thioether (sulfide) groups is 1. The average Bonchev–Trinajstić information content (AvgIpc) is 3.43. The smallest absolute Gasteiger partial charge is 0.253 e. The summed E-state index contributed by atoms with van der Waals surface area (Å²) in [6, 6.07) is 23.9. The largest absolute Gasteiger partial charge is 0.337 e. The highest BCUT2D eigenvalue weighted by Gasteiger charge is 2.18. The molecule has 3 heterocycles. The zero-order valence-electron chi connectivity index (χ0n) is 20.0. The number of aryl methyl sites for hydroxylation is 1. The van der Waals surface area contributed by atoms with Crippen LogP contribution in [-0.2, 0) is 12.3 Å². The van der Waals surface area contributed by atoms with E-state index in [0.29, 0.717) is 12.1 Å². The lowest BCUT2D eigenvalue weighted by Gasteiger charge is -2.18. The van der Waals surface area contributed by atoms with Crippen LogP contribution in [0.5, 0.6) is 0 Å². The van der Waals surface area contributed by atoms with Gasteiger partial charge in [-0.2, -0.15) is 5.10 Å². The van der Waals surface area contributed by atoms with Crippen molar-refractivity contribution in [3.8, 4) is 5.69 Å². The molecule has 0 saturated carbocycles. The Morgan fingerprint density at radius 1 is 0.971 bits per heavy atom. The molecular weight excluding hydrogens is 454 g/mol. The standard InChI is InChI=1S/C28H27N5OS/c1-20-26(21(2)33(30-20)24-9-5-4-6-10-24)18-31(3)28(34)22-12-14-25(15-13-22)35-19-23-17-32-16-8-7-11-27(32)29-23/h4-17H,18-19H2,1-3H3. The van der Waals surface area contributed by atoms with E-state index in [4.69, 9.17) is 5.10 Å². The van der Waals surface area contributed by atoms with Gasteiger partial charge in [0.15, 0.2) is 0 Å². The van der Waals surface area contributed by atoms with E-state index in [1.165, 1.54) is 0 Å². The fourth-order valence-corrected chi connectivity index (χ4v) is 4.94. The molecule has 0 atom stereocenters. The van der Waals surface area contributed by atoms with Gasteiger partial charge in [-0.1, -0.05) is 24.3 Å². The van der Waals surface area contributed by atoms with E-state index in [2.05, 4.69) is 18.1 Å². The van der Waals surface area contributed by atoms with Gasteiger partial charge < -0.3 is 9.30 Å². The molecule has 0 aliphatic carbocycles. The lowest BCUT2D eigenvalue weighted by molar-refractivity contribution is 0.0784. The molecule has 0 unspecified atom stereocenters. The SMILES string of the molecule is Cc1nn(-c2ccccc2)c(C)c1CN(C)C(=O)c1ccc(SCc2cn3ccccc3n2)cc1. The van der Waals surface area contributed by atoms with Crippen LogP contribution in [0.25, 0.3) is 11.3 Å². The Bertz CT molecular complexity index is 1440. The third-order valence-electron chi connectivity index (χ3n) is 6.09. The Morgan fingerprint density at radius 2 is 1.71 bits per heavy atom. The highest BCUT2D eigenvalue weighted by Crippen LogP contribution is 2.24. The first-order chi connectivity index (χ1) is 17.0. The van der Waals surface area contributed by atoms with Crippen molar-refractivity contribution in [1.82, 2.24) is 24.1 Å². The highest BCUT2D eigenvalue weighted by atomic mass is 32.2. The van der Waals surface area contributed by atoms with Crippen molar-refractivity contribution in [3.05, 3.63) is 113 Å². The summed E-state index contributed by atoms with van der Waals surface area (Å²) in [5.41, 5.74) is 6.73. The second-order valence-corrected chi connectivity index (χ2v) is 9.62. The number of para-hydroxylation sites is 1. The fourth-order valence-electron chi connectivity index (χ4n) is 4.16. The van der Waals surface area contributed by atoms with Crippen LogP contribution in [0.1, 0.15) is 33.0 Å². The van der Waals surface area contributed by atoms with E-state index in [9.17, 15) is 4.79 Å². The molecule has 5 aromatic rings. The lowest BCUT2D eigenvalue weighted by atomic mass is 10.1. The minimum absolute atomic E-state index is 0.00633. The number of hydrogen-bond acceptors (Lipinski definition) is 4. The van der Waals surface area contributed by atoms with Crippen molar-refractivity contribution in [3.63, 3.8) is 0 Å². The van der Waals surface area contributed by atoms with Crippen molar-refractivity contribution in [2.75, 3.05) is 7.05 Å². The van der Waals surface area contributed by atoms with E-state index < -0.39 is 0 Å². The predicted octanol–water partition coefficient (Wildman–Crippen LogP) is 5.70. The number of amides is 1. The van der Waals surface area contributed by atoms with Crippen molar-refractivity contribution in [2.45, 2.75) is 31.0 Å². The van der Waals surface area contributed by atoms with Crippen LogP contribution in [0.4, 0.5) is 0 Å². The Morgan fingerprint density at radius 3 is 2.46 bits per heavy atom. The second-order valence-electron chi connectivity index (χ2n) is 8.57. The maximum Gasteiger partial charge on any atom is 0.253 e. The second kappa shape index (κ2) is 9.80. The summed E-state index contributed by atoms with van der Waals surface area (Å²) in [5.74, 6) is 0.770. The molecule has 7 heteroatoms. The van der Waals surface area contributed by atoms with E-state index in [-0.39, 0.29) is 5.91 Å². The van der Waals surface area contributed by atoms with Crippen molar-refractivity contribution in [1.29, 1.82) is 0 Å². The molecule has 0 N–H and O–H groups in total. The van der Waals surface area contributed by atoms with Crippen molar-refractivity contribution in [2.24, 2.45) is 0 Å². The first-order valence-electron chi connectivity index (χ1n) is 11.5. The van der Waals surface area contributed by atoms with Crippen LogP contribution in [0.15, 0.2) is 90.1 Å². The maximum atomic E-state index is 13.1. The zero-order valence-corrected chi connectivity index (χ0v) is 20.9. The number of carbonyl (C=O) groups excluding carboxylic acids is 1. The van der Waals surface area contributed by atoms with Gasteiger partial charge in [0.1, 0.15) is 5.65 Å². The molecule has 6 nitrogen and oxygen atoms in total. The molecule has 0 aliphatic heterocycles. The lowest BCUT2D eigenvalue weighted by Crippen LogP contribution is -2.26. The molecule has 3 aromatic heterocycles. The van der Waals surface area contributed by atoms with Crippen LogP contribution in [0.3, 0.4) is 0 Å². The van der Waals surface area contributed by atoms with Gasteiger partial charge in [0.05, 0.1) is 17.1 Å². The molecule has 0 fully saturated rings. The molecular formula is C28H27N5OS. The molecule has 1 amide bonds. The molecule has 176 valence electrons. The average molecular weight is 482 g/mol. The van der Waals surface area contributed by atoms with E-state index in [0.717, 1.165) is 44.6 Å². The highest BCUT2D eigenvalue weighted by molar-refractivity contribution is 7.98. The number of carbonyl (C=O) groups is 1. The fraction of sp³-hybridized carbons (Fsp3) is 0.179. The van der Waals surface area contributed by atoms with Gasteiger partial charge in [-0.05, 0) is 62.4 Å². The van der Waals surface area contributed by atoms with Crippen molar-refractivity contribution < 1.29 is 4.79 Å². The van der Waals surface area contributed by atoms with E-state index >= 15 is 0 Å². The Kier molecular flexibility index (Phi) is 6.42. The Balaban J connectivity index is 1.23. The Labute approximate surface area is 209 Å². The van der Waals surface area contributed by atoms with Gasteiger partial charge >= 0.3 is 0 Å². The van der Waals surface area contributed by atoms with Crippen LogP contribution >= 0.6 is 11.8 Å².